The quantitative estimate of drug-likeness (QED) is 0.303. The molecule has 1 saturated heterocycles. The third-order valence-corrected chi connectivity index (χ3v) is 19.7. The maximum absolute atomic E-state index is 6.23. The first kappa shape index (κ1) is 20.5. The second-order valence-electron chi connectivity index (χ2n) is 7.06. The molecule has 130 valence electrons. The van der Waals surface area contributed by atoms with Gasteiger partial charge in [0, 0.05) is 0 Å². The first-order valence-corrected chi connectivity index (χ1v) is 18.1. The number of unbranched alkanes of at least 4 members (excludes halogenated alkanes) is 3. The van der Waals surface area contributed by atoms with Crippen LogP contribution in [0, 0.1) is 0 Å². The molecule has 1 fully saturated rings. The summed E-state index contributed by atoms with van der Waals surface area (Å²) in [7, 11) is 0. The number of hydrogen-bond donors (Lipinski definition) is 0. The van der Waals surface area contributed by atoms with E-state index in [1.165, 1.54) is 64.7 Å². The zero-order chi connectivity index (χ0) is 16.3. The Hall–Kier alpha value is 0.489. The van der Waals surface area contributed by atoms with Crippen LogP contribution in [0.3, 0.4) is 0 Å². The van der Waals surface area contributed by atoms with Gasteiger partial charge in [-0.25, -0.2) is 0 Å². The predicted octanol–water partition coefficient (Wildman–Crippen LogP) is 5.77. The molecule has 0 unspecified atom stereocenters. The number of hydrogen-bond acceptors (Lipinski definition) is 2. The van der Waals surface area contributed by atoms with Gasteiger partial charge in [0.25, 0.3) is 0 Å². The molecule has 4 heteroatoms. The van der Waals surface area contributed by atoms with Gasteiger partial charge in [-0.3, -0.25) is 0 Å². The molecular weight excluding hydrogens is 397 g/mol. The molecule has 0 radical (unpaired) electrons. The molecule has 0 aromatic heterocycles. The van der Waals surface area contributed by atoms with Crippen LogP contribution in [0.25, 0.3) is 0 Å². The number of rotatable bonds is 11. The Morgan fingerprint density at radius 3 is 1.77 bits per heavy atom. The fraction of sp³-hybridized carbons (Fsp3) is 0.944. The van der Waals surface area contributed by atoms with Crippen molar-refractivity contribution in [3.8, 4) is 0 Å². The molecule has 0 amide bonds. The molecule has 1 aliphatic rings. The van der Waals surface area contributed by atoms with Crippen molar-refractivity contribution in [2.45, 2.75) is 85.4 Å². The number of likely N-dealkylation sites (tertiary alicyclic amines) is 1. The van der Waals surface area contributed by atoms with Crippen LogP contribution in [0.15, 0.2) is 0 Å². The normalized spacial score (nSPS) is 15.3. The number of thiocarbonyl (C=S) groups is 1. The van der Waals surface area contributed by atoms with E-state index in [1.54, 1.807) is 0 Å². The van der Waals surface area contributed by atoms with Crippen LogP contribution in [0.4, 0.5) is 0 Å². The van der Waals surface area contributed by atoms with Gasteiger partial charge in [0.1, 0.15) is 0 Å². The van der Waals surface area contributed by atoms with Crippen LogP contribution >= 0.6 is 12.2 Å². The van der Waals surface area contributed by atoms with Crippen molar-refractivity contribution in [2.75, 3.05) is 17.7 Å². The third kappa shape index (κ3) is 7.37. The molecule has 0 bridgehead atoms. The number of nitrogens with zero attached hydrogens (tertiary/aromatic N) is 1. The van der Waals surface area contributed by atoms with Crippen LogP contribution in [0.2, 0.25) is 13.3 Å². The van der Waals surface area contributed by atoms with E-state index in [1.807, 2.05) is 0 Å². The fourth-order valence-electron chi connectivity index (χ4n) is 3.45. The fourth-order valence-corrected chi connectivity index (χ4v) is 18.1. The van der Waals surface area contributed by atoms with Gasteiger partial charge in [0.2, 0.25) is 0 Å². The van der Waals surface area contributed by atoms with E-state index in [0.29, 0.717) is 0 Å². The van der Waals surface area contributed by atoms with Crippen molar-refractivity contribution < 1.29 is 4.74 Å². The number of ether oxygens (including phenoxy) is 1. The second-order valence-corrected chi connectivity index (χ2v) is 21.1. The van der Waals surface area contributed by atoms with Crippen molar-refractivity contribution in [1.82, 2.24) is 4.90 Å². The van der Waals surface area contributed by atoms with Crippen LogP contribution in [0.1, 0.15) is 72.1 Å². The van der Waals surface area contributed by atoms with E-state index < -0.39 is 18.4 Å². The van der Waals surface area contributed by atoms with Gasteiger partial charge in [-0.2, -0.15) is 0 Å². The van der Waals surface area contributed by atoms with E-state index in [0.717, 1.165) is 22.9 Å². The molecule has 22 heavy (non-hydrogen) atoms. The maximum atomic E-state index is 6.23. The van der Waals surface area contributed by atoms with Crippen LogP contribution in [-0.2, 0) is 4.74 Å². The Bertz CT molecular complexity index is 284. The molecule has 2 nitrogen and oxygen atoms in total. The molecule has 0 aliphatic carbocycles. The zero-order valence-corrected chi connectivity index (χ0v) is 18.8. The van der Waals surface area contributed by atoms with Crippen molar-refractivity contribution in [3.05, 3.63) is 0 Å². The third-order valence-electron chi connectivity index (χ3n) is 5.05. The summed E-state index contributed by atoms with van der Waals surface area (Å²) in [5.74, 6) is 0. The van der Waals surface area contributed by atoms with E-state index in [4.69, 9.17) is 17.0 Å². The Balaban J connectivity index is 2.60. The molecule has 1 aliphatic heterocycles. The van der Waals surface area contributed by atoms with Gasteiger partial charge in [-0.1, -0.05) is 0 Å². The Morgan fingerprint density at radius 2 is 1.36 bits per heavy atom. The van der Waals surface area contributed by atoms with E-state index >= 15 is 0 Å². The van der Waals surface area contributed by atoms with E-state index in [2.05, 4.69) is 25.7 Å². The summed E-state index contributed by atoms with van der Waals surface area (Å²) in [6, 6.07) is 0. The van der Waals surface area contributed by atoms with Crippen molar-refractivity contribution >= 4 is 35.8 Å². The van der Waals surface area contributed by atoms with Crippen molar-refractivity contribution in [2.24, 2.45) is 0 Å². The van der Waals surface area contributed by atoms with Gasteiger partial charge >= 0.3 is 149 Å². The first-order valence-electron chi connectivity index (χ1n) is 9.59. The van der Waals surface area contributed by atoms with Gasteiger partial charge in [-0.15, -0.1) is 0 Å². The average Bonchev–Trinajstić information content (AvgIpc) is 3.08. The summed E-state index contributed by atoms with van der Waals surface area (Å²) in [6.07, 6.45) is 10.8. The van der Waals surface area contributed by atoms with E-state index in [9.17, 15) is 0 Å². The summed E-state index contributed by atoms with van der Waals surface area (Å²) >= 11 is 3.40. The minimum absolute atomic E-state index is 0.808. The molecule has 1 rings (SSSR count). The summed E-state index contributed by atoms with van der Waals surface area (Å²) in [5, 5.41) is 0.808. The van der Waals surface area contributed by atoms with Crippen molar-refractivity contribution in [3.63, 3.8) is 0 Å². The Morgan fingerprint density at radius 1 is 0.909 bits per heavy atom. The van der Waals surface area contributed by atoms with Gasteiger partial charge in [-0.05, 0) is 0 Å². The summed E-state index contributed by atoms with van der Waals surface area (Å²) < 4.78 is 11.8. The van der Waals surface area contributed by atoms with Crippen LogP contribution < -0.4 is 0 Å². The summed E-state index contributed by atoms with van der Waals surface area (Å²) in [5.41, 5.74) is 0. The summed E-state index contributed by atoms with van der Waals surface area (Å²) in [4.78, 5) is 2.28. The van der Waals surface area contributed by atoms with E-state index in [-0.39, 0.29) is 0 Å². The van der Waals surface area contributed by atoms with Gasteiger partial charge in [0.05, 0.1) is 0 Å². The Kier molecular flexibility index (Phi) is 11.1. The summed E-state index contributed by atoms with van der Waals surface area (Å²) in [6.45, 7) is 9.20. The predicted molar refractivity (Wildman–Crippen MR) is 104 cm³/mol. The van der Waals surface area contributed by atoms with Gasteiger partial charge < -0.3 is 0 Å². The molecule has 0 spiro atoms. The molecule has 0 aromatic carbocycles. The Labute approximate surface area is 148 Å². The van der Waals surface area contributed by atoms with Crippen LogP contribution in [0.5, 0.6) is 0 Å². The van der Waals surface area contributed by atoms with Crippen molar-refractivity contribution in [1.29, 1.82) is 0 Å². The molecule has 0 atom stereocenters. The topological polar surface area (TPSA) is 12.5 Å². The minimum atomic E-state index is -2.16. The molecule has 0 aromatic rings. The van der Waals surface area contributed by atoms with Crippen LogP contribution in [-0.4, -0.2) is 46.2 Å². The second kappa shape index (κ2) is 11.9. The standard InChI is InChI=1S/C6H10NOS.3C4H9.Sn/c1-8-6(9)7-4-2-3-5-7;3*1-3-4-2;/h1-5H2;3*1,3-4H2,2H3;. The zero-order valence-electron chi connectivity index (χ0n) is 15.2. The first-order chi connectivity index (χ1) is 10.7. The van der Waals surface area contributed by atoms with Gasteiger partial charge in [0.15, 0.2) is 0 Å². The molecular formula is C18H37NOSSn. The SMILES string of the molecule is CCC[CH2][Sn]([CH2]CCC)([CH2]CCC)[CH2]OC(=S)N1CCCC1. The monoisotopic (exact) mass is 435 g/mol. The average molecular weight is 434 g/mol. The molecule has 1 heterocycles. The molecule has 0 N–H and O–H groups in total. The molecule has 0 saturated carbocycles.